The molecule has 0 bridgehead atoms. The summed E-state index contributed by atoms with van der Waals surface area (Å²) < 4.78 is 10.6. The third kappa shape index (κ3) is 2.43. The molecule has 6 heteroatoms. The molecule has 1 aromatic carbocycles. The van der Waals surface area contributed by atoms with Gasteiger partial charge < -0.3 is 15.0 Å². The summed E-state index contributed by atoms with van der Waals surface area (Å²) in [6.45, 7) is 0. The number of nitrogens with two attached hydrogens (primary N) is 1. The standard InChI is InChI=1S/C15H12ClN3O2/c1-20-15-11(3-2-8-18-15)13-12(14(17)19-21-13)9-4-6-10(16)7-5-9/h2-8H,1H3,(H2,17,19). The van der Waals surface area contributed by atoms with Crippen LogP contribution >= 0.6 is 11.6 Å². The van der Waals surface area contributed by atoms with Crippen LogP contribution in [0.1, 0.15) is 0 Å². The van der Waals surface area contributed by atoms with E-state index >= 15 is 0 Å². The average molecular weight is 302 g/mol. The van der Waals surface area contributed by atoms with E-state index in [1.54, 1.807) is 31.5 Å². The topological polar surface area (TPSA) is 74.2 Å². The third-order valence-corrected chi connectivity index (χ3v) is 3.31. The van der Waals surface area contributed by atoms with Crippen molar-refractivity contribution in [3.05, 3.63) is 47.6 Å². The molecule has 0 atom stereocenters. The lowest BCUT2D eigenvalue weighted by molar-refractivity contribution is 0.393. The van der Waals surface area contributed by atoms with Gasteiger partial charge in [-0.2, -0.15) is 0 Å². The maximum Gasteiger partial charge on any atom is 0.224 e. The van der Waals surface area contributed by atoms with Gasteiger partial charge in [0.15, 0.2) is 11.6 Å². The number of methoxy groups -OCH3 is 1. The summed E-state index contributed by atoms with van der Waals surface area (Å²) in [6, 6.07) is 10.9. The van der Waals surface area contributed by atoms with Crippen molar-refractivity contribution in [1.29, 1.82) is 0 Å². The largest absolute Gasteiger partial charge is 0.480 e. The summed E-state index contributed by atoms with van der Waals surface area (Å²) in [5.41, 5.74) is 8.18. The number of rotatable bonds is 3. The summed E-state index contributed by atoms with van der Waals surface area (Å²) in [5, 5.41) is 4.50. The van der Waals surface area contributed by atoms with Gasteiger partial charge >= 0.3 is 0 Å². The Morgan fingerprint density at radius 3 is 2.67 bits per heavy atom. The second-order valence-corrected chi connectivity index (χ2v) is 4.78. The number of ether oxygens (including phenoxy) is 1. The number of halogens is 1. The van der Waals surface area contributed by atoms with Crippen LogP contribution in [0.25, 0.3) is 22.5 Å². The van der Waals surface area contributed by atoms with Gasteiger partial charge in [0, 0.05) is 11.2 Å². The van der Waals surface area contributed by atoms with Crippen molar-refractivity contribution in [3.63, 3.8) is 0 Å². The molecule has 2 N–H and O–H groups in total. The minimum absolute atomic E-state index is 0.304. The summed E-state index contributed by atoms with van der Waals surface area (Å²) in [5.74, 6) is 1.27. The molecule has 3 rings (SSSR count). The SMILES string of the molecule is COc1ncccc1-c1onc(N)c1-c1ccc(Cl)cc1. The molecule has 0 spiro atoms. The van der Waals surface area contributed by atoms with Crippen molar-refractivity contribution in [2.24, 2.45) is 0 Å². The highest BCUT2D eigenvalue weighted by molar-refractivity contribution is 6.30. The molecule has 0 radical (unpaired) electrons. The zero-order valence-electron chi connectivity index (χ0n) is 11.2. The van der Waals surface area contributed by atoms with Gasteiger partial charge in [0.2, 0.25) is 5.88 Å². The van der Waals surface area contributed by atoms with E-state index in [9.17, 15) is 0 Å². The van der Waals surface area contributed by atoms with E-state index in [1.165, 1.54) is 0 Å². The number of nitrogen functional groups attached to an aromatic ring is 1. The van der Waals surface area contributed by atoms with Crippen LogP contribution in [0.3, 0.4) is 0 Å². The molecule has 0 saturated carbocycles. The maximum atomic E-state index is 5.94. The summed E-state index contributed by atoms with van der Waals surface area (Å²) in [7, 11) is 1.55. The van der Waals surface area contributed by atoms with Crippen LogP contribution < -0.4 is 10.5 Å². The number of aromatic nitrogens is 2. The van der Waals surface area contributed by atoms with E-state index in [0.717, 1.165) is 5.56 Å². The van der Waals surface area contributed by atoms with Crippen LogP contribution in [0, 0.1) is 0 Å². The van der Waals surface area contributed by atoms with Gasteiger partial charge in [-0.15, -0.1) is 0 Å². The van der Waals surface area contributed by atoms with Gasteiger partial charge in [0.25, 0.3) is 0 Å². The first-order valence-corrected chi connectivity index (χ1v) is 6.59. The summed E-state index contributed by atoms with van der Waals surface area (Å²) in [4.78, 5) is 4.16. The molecular weight excluding hydrogens is 290 g/mol. The fraction of sp³-hybridized carbons (Fsp3) is 0.0667. The van der Waals surface area contributed by atoms with Gasteiger partial charge in [-0.3, -0.25) is 0 Å². The summed E-state index contributed by atoms with van der Waals surface area (Å²) in [6.07, 6.45) is 1.64. The second-order valence-electron chi connectivity index (χ2n) is 4.34. The van der Waals surface area contributed by atoms with Gasteiger partial charge in [0.1, 0.15) is 0 Å². The second kappa shape index (κ2) is 5.46. The molecular formula is C15H12ClN3O2. The maximum absolute atomic E-state index is 5.94. The molecule has 0 amide bonds. The van der Waals surface area contributed by atoms with Crippen molar-refractivity contribution >= 4 is 17.4 Å². The minimum atomic E-state index is 0.304. The lowest BCUT2D eigenvalue weighted by atomic mass is 10.0. The predicted molar refractivity (Wildman–Crippen MR) is 81.1 cm³/mol. The van der Waals surface area contributed by atoms with Crippen LogP contribution in [0.5, 0.6) is 5.88 Å². The van der Waals surface area contributed by atoms with Crippen LogP contribution in [-0.4, -0.2) is 17.3 Å². The van der Waals surface area contributed by atoms with E-state index in [1.807, 2.05) is 18.2 Å². The summed E-state index contributed by atoms with van der Waals surface area (Å²) >= 11 is 5.92. The van der Waals surface area contributed by atoms with Crippen LogP contribution in [-0.2, 0) is 0 Å². The van der Waals surface area contributed by atoms with Crippen molar-refractivity contribution in [3.8, 4) is 28.3 Å². The molecule has 5 nitrogen and oxygen atoms in total. The number of benzene rings is 1. The van der Waals surface area contributed by atoms with E-state index < -0.39 is 0 Å². The van der Waals surface area contributed by atoms with Gasteiger partial charge in [-0.1, -0.05) is 28.9 Å². The van der Waals surface area contributed by atoms with Crippen molar-refractivity contribution in [2.45, 2.75) is 0 Å². The number of anilines is 1. The Kier molecular flexibility index (Phi) is 3.50. The fourth-order valence-corrected chi connectivity index (χ4v) is 2.23. The Balaban J connectivity index is 2.19. The van der Waals surface area contributed by atoms with Gasteiger partial charge in [-0.25, -0.2) is 4.98 Å². The Morgan fingerprint density at radius 1 is 1.19 bits per heavy atom. The number of hydrogen-bond acceptors (Lipinski definition) is 5. The Morgan fingerprint density at radius 2 is 1.95 bits per heavy atom. The molecule has 3 aromatic rings. The van der Waals surface area contributed by atoms with Crippen molar-refractivity contribution in [1.82, 2.24) is 10.1 Å². The Labute approximate surface area is 126 Å². The van der Waals surface area contributed by atoms with E-state index in [4.69, 9.17) is 26.6 Å². The highest BCUT2D eigenvalue weighted by Gasteiger charge is 2.20. The molecule has 106 valence electrons. The predicted octanol–water partition coefficient (Wildman–Crippen LogP) is 3.65. The normalized spacial score (nSPS) is 10.6. The first-order chi connectivity index (χ1) is 10.2. The van der Waals surface area contributed by atoms with Crippen LogP contribution in [0.15, 0.2) is 47.1 Å². The van der Waals surface area contributed by atoms with E-state index in [0.29, 0.717) is 33.6 Å². The molecule has 2 aromatic heterocycles. The number of nitrogens with zero attached hydrogens (tertiary/aromatic N) is 2. The molecule has 0 aliphatic rings. The highest BCUT2D eigenvalue weighted by Crippen LogP contribution is 2.39. The Hall–Kier alpha value is -2.53. The Bertz CT molecular complexity index is 769. The van der Waals surface area contributed by atoms with Crippen LogP contribution in [0.2, 0.25) is 5.02 Å². The van der Waals surface area contributed by atoms with Crippen LogP contribution in [0.4, 0.5) is 5.82 Å². The number of hydrogen-bond donors (Lipinski definition) is 1. The molecule has 0 saturated heterocycles. The molecule has 21 heavy (non-hydrogen) atoms. The van der Waals surface area contributed by atoms with Gasteiger partial charge in [-0.05, 0) is 29.8 Å². The zero-order chi connectivity index (χ0) is 14.8. The molecule has 2 heterocycles. The lowest BCUT2D eigenvalue weighted by Gasteiger charge is -2.06. The number of pyridine rings is 1. The smallest absolute Gasteiger partial charge is 0.224 e. The van der Waals surface area contributed by atoms with Crippen molar-refractivity contribution in [2.75, 3.05) is 12.8 Å². The first-order valence-electron chi connectivity index (χ1n) is 6.21. The highest BCUT2D eigenvalue weighted by atomic mass is 35.5. The quantitative estimate of drug-likeness (QED) is 0.799. The molecule has 0 unspecified atom stereocenters. The zero-order valence-corrected chi connectivity index (χ0v) is 12.0. The average Bonchev–Trinajstić information content (AvgIpc) is 2.90. The van der Waals surface area contributed by atoms with E-state index in [2.05, 4.69) is 10.1 Å². The van der Waals surface area contributed by atoms with Gasteiger partial charge in [0.05, 0.1) is 18.2 Å². The third-order valence-electron chi connectivity index (χ3n) is 3.06. The molecule has 0 fully saturated rings. The molecule has 0 aliphatic heterocycles. The van der Waals surface area contributed by atoms with Crippen molar-refractivity contribution < 1.29 is 9.26 Å². The minimum Gasteiger partial charge on any atom is -0.480 e. The molecule has 0 aliphatic carbocycles. The lowest BCUT2D eigenvalue weighted by Crippen LogP contribution is -1.92. The monoisotopic (exact) mass is 301 g/mol. The first kappa shape index (κ1) is 13.5. The van der Waals surface area contributed by atoms with E-state index in [-0.39, 0.29) is 0 Å². The fourth-order valence-electron chi connectivity index (χ4n) is 2.11.